The van der Waals surface area contributed by atoms with Gasteiger partial charge in [-0.25, -0.2) is 9.97 Å². The van der Waals surface area contributed by atoms with Crippen molar-refractivity contribution in [2.24, 2.45) is 5.92 Å². The molecule has 0 radical (unpaired) electrons. The number of hydrogen-bond donors (Lipinski definition) is 4. The van der Waals surface area contributed by atoms with Crippen LogP contribution in [0.4, 0.5) is 11.5 Å². The van der Waals surface area contributed by atoms with Gasteiger partial charge in [0.05, 0.1) is 11.7 Å². The number of likely N-dealkylation sites (tertiary alicyclic amines) is 1. The van der Waals surface area contributed by atoms with Crippen molar-refractivity contribution in [1.29, 1.82) is 5.26 Å². The van der Waals surface area contributed by atoms with E-state index in [2.05, 4.69) is 58.6 Å². The number of oxazole rings is 1. The number of fused-ring (bicyclic) bond motifs is 2. The molecule has 1 aliphatic carbocycles. The Balaban J connectivity index is 1.02. The lowest BCUT2D eigenvalue weighted by Crippen LogP contribution is -2.33. The van der Waals surface area contributed by atoms with Gasteiger partial charge in [0.25, 0.3) is 0 Å². The summed E-state index contributed by atoms with van der Waals surface area (Å²) >= 11 is 0. The standard InChI is InChI=1S/C44H45N7O4/c1-26-35(36-6-4-8-38(27(36)2)49-43-41-31(13-15-46-43)18-30(23-48-41)24-51-16-14-34(52)25-51)5-3-7-37(26)44-50-39-19-29(17-32(21-45)42(39)55-44)22-47-33-11-9-28(10-12-33)20-40(53)54/h3-8,13,15,17-19,23,28,33-34,47,52H,9-12,14,16,20,22,24-25H2,1-2H3,(H,46,49)(H,53,54)/t28-,33-,34-/m1/s1. The summed E-state index contributed by atoms with van der Waals surface area (Å²) in [6, 6.07) is 22.9. The van der Waals surface area contributed by atoms with E-state index < -0.39 is 5.97 Å². The fraction of sp³-hybridized carbons (Fsp3) is 0.341. The zero-order valence-corrected chi connectivity index (χ0v) is 31.2. The van der Waals surface area contributed by atoms with Crippen LogP contribution < -0.4 is 10.6 Å². The maximum atomic E-state index is 11.1. The highest BCUT2D eigenvalue weighted by atomic mass is 16.4. The van der Waals surface area contributed by atoms with Gasteiger partial charge in [0.2, 0.25) is 5.89 Å². The molecule has 55 heavy (non-hydrogen) atoms. The first kappa shape index (κ1) is 36.3. The van der Waals surface area contributed by atoms with Crippen LogP contribution in [0.2, 0.25) is 0 Å². The predicted molar refractivity (Wildman–Crippen MR) is 213 cm³/mol. The van der Waals surface area contributed by atoms with Crippen LogP contribution in [0.3, 0.4) is 0 Å². The lowest BCUT2D eigenvalue weighted by molar-refractivity contribution is -0.138. The Labute approximate surface area is 320 Å². The molecule has 4 heterocycles. The van der Waals surface area contributed by atoms with Gasteiger partial charge in [0.1, 0.15) is 17.1 Å². The van der Waals surface area contributed by atoms with E-state index in [1.165, 1.54) is 0 Å². The molecule has 0 amide bonds. The van der Waals surface area contributed by atoms with Gasteiger partial charge in [0.15, 0.2) is 11.4 Å². The molecule has 3 aromatic heterocycles. The molecule has 0 unspecified atom stereocenters. The summed E-state index contributed by atoms with van der Waals surface area (Å²) in [6.45, 7) is 7.10. The van der Waals surface area contributed by atoms with Gasteiger partial charge in [-0.15, -0.1) is 0 Å². The second-order valence-corrected chi connectivity index (χ2v) is 15.2. The molecule has 280 valence electrons. The summed E-state index contributed by atoms with van der Waals surface area (Å²) in [4.78, 5) is 27.7. The average Bonchev–Trinajstić information content (AvgIpc) is 3.80. The number of aliphatic carboxylic acids is 1. The van der Waals surface area contributed by atoms with Crippen LogP contribution in [0, 0.1) is 31.1 Å². The van der Waals surface area contributed by atoms with Crippen molar-refractivity contribution < 1.29 is 19.4 Å². The molecule has 1 saturated carbocycles. The fourth-order valence-corrected chi connectivity index (χ4v) is 8.32. The van der Waals surface area contributed by atoms with Crippen molar-refractivity contribution >= 4 is 39.5 Å². The van der Waals surface area contributed by atoms with E-state index in [-0.39, 0.29) is 18.4 Å². The van der Waals surface area contributed by atoms with E-state index >= 15 is 0 Å². The highest BCUT2D eigenvalue weighted by molar-refractivity contribution is 5.91. The maximum Gasteiger partial charge on any atom is 0.303 e. The number of carboxylic acid groups (broad SMARTS) is 1. The number of pyridine rings is 2. The highest BCUT2D eigenvalue weighted by Gasteiger charge is 2.24. The van der Waals surface area contributed by atoms with Crippen LogP contribution in [0.5, 0.6) is 0 Å². The minimum atomic E-state index is -0.723. The topological polar surface area (TPSA) is 160 Å². The summed E-state index contributed by atoms with van der Waals surface area (Å²) in [5.41, 5.74) is 10.4. The Hall–Kier alpha value is -5.67. The molecule has 6 aromatic rings. The molecule has 2 fully saturated rings. The zero-order valence-electron chi connectivity index (χ0n) is 31.2. The summed E-state index contributed by atoms with van der Waals surface area (Å²) in [5, 5.41) is 37.3. The number of aromatic nitrogens is 3. The number of nitriles is 1. The van der Waals surface area contributed by atoms with E-state index in [1.54, 1.807) is 6.20 Å². The SMILES string of the molecule is Cc1c(Nc2nccc3cc(CN4CC[C@@H](O)C4)cnc23)cccc1-c1cccc(-c2nc3cc(CN[C@H]4CC[C@H](CC(=O)O)CC4)cc(C#N)c3o2)c1C. The van der Waals surface area contributed by atoms with Gasteiger partial charge in [-0.2, -0.15) is 5.26 Å². The minimum absolute atomic E-state index is 0.241. The average molecular weight is 736 g/mol. The van der Waals surface area contributed by atoms with Crippen LogP contribution in [0.15, 0.2) is 77.5 Å². The molecule has 3 aromatic carbocycles. The largest absolute Gasteiger partial charge is 0.481 e. The first-order valence-corrected chi connectivity index (χ1v) is 19.1. The van der Waals surface area contributed by atoms with Gasteiger partial charge in [-0.1, -0.05) is 24.3 Å². The summed E-state index contributed by atoms with van der Waals surface area (Å²) in [7, 11) is 0. The highest BCUT2D eigenvalue weighted by Crippen LogP contribution is 2.38. The first-order chi connectivity index (χ1) is 26.7. The number of anilines is 2. The second kappa shape index (κ2) is 15.6. The van der Waals surface area contributed by atoms with Gasteiger partial charge in [-0.05, 0) is 122 Å². The molecule has 2 aliphatic rings. The van der Waals surface area contributed by atoms with Crippen molar-refractivity contribution in [2.75, 3.05) is 18.4 Å². The van der Waals surface area contributed by atoms with Crippen molar-refractivity contribution in [3.8, 4) is 28.7 Å². The van der Waals surface area contributed by atoms with E-state index in [4.69, 9.17) is 19.5 Å². The van der Waals surface area contributed by atoms with Gasteiger partial charge in [-0.3, -0.25) is 14.7 Å². The molecule has 1 atom stereocenters. The number of aliphatic hydroxyl groups excluding tert-OH is 1. The third-order valence-electron chi connectivity index (χ3n) is 11.3. The first-order valence-electron chi connectivity index (χ1n) is 19.1. The van der Waals surface area contributed by atoms with Crippen molar-refractivity contribution in [3.05, 3.63) is 101 Å². The smallest absolute Gasteiger partial charge is 0.303 e. The molecular formula is C44H45N7O4. The minimum Gasteiger partial charge on any atom is -0.481 e. The summed E-state index contributed by atoms with van der Waals surface area (Å²) in [6.07, 6.45) is 8.20. The molecule has 11 nitrogen and oxygen atoms in total. The monoisotopic (exact) mass is 735 g/mol. The summed E-state index contributed by atoms with van der Waals surface area (Å²) < 4.78 is 6.32. The molecule has 11 heteroatoms. The van der Waals surface area contributed by atoms with E-state index in [9.17, 15) is 15.2 Å². The molecule has 4 N–H and O–H groups in total. The second-order valence-electron chi connectivity index (χ2n) is 15.2. The van der Waals surface area contributed by atoms with Crippen LogP contribution in [0.1, 0.15) is 66.3 Å². The third kappa shape index (κ3) is 7.80. The van der Waals surface area contributed by atoms with E-state index in [1.807, 2.05) is 48.7 Å². The summed E-state index contributed by atoms with van der Waals surface area (Å²) in [5.74, 6) is 0.674. The van der Waals surface area contributed by atoms with Crippen LogP contribution in [-0.4, -0.2) is 61.3 Å². The number of carbonyl (C=O) groups is 1. The maximum absolute atomic E-state index is 11.1. The normalized spacial score (nSPS) is 18.8. The quantitative estimate of drug-likeness (QED) is 0.102. The number of β-amino-alcohol motifs (C(OH)–C–C–N with tert-alkyl or cyclic N) is 1. The zero-order chi connectivity index (χ0) is 38.1. The van der Waals surface area contributed by atoms with E-state index in [0.29, 0.717) is 47.5 Å². The third-order valence-corrected chi connectivity index (χ3v) is 11.3. The molecular weight excluding hydrogens is 691 g/mol. The predicted octanol–water partition coefficient (Wildman–Crippen LogP) is 8.03. The van der Waals surface area contributed by atoms with Crippen molar-refractivity contribution in [3.63, 3.8) is 0 Å². The number of benzene rings is 3. The van der Waals surface area contributed by atoms with E-state index in [0.717, 1.165) is 101 Å². The molecule has 0 spiro atoms. The van der Waals surface area contributed by atoms with Crippen LogP contribution in [0.25, 0.3) is 44.6 Å². The Morgan fingerprint density at radius 1 is 0.964 bits per heavy atom. The number of aliphatic hydroxyl groups is 1. The Bertz CT molecular complexity index is 2430. The lowest BCUT2D eigenvalue weighted by atomic mass is 9.84. The van der Waals surface area contributed by atoms with Crippen LogP contribution in [-0.2, 0) is 17.9 Å². The number of nitrogens with one attached hydrogen (secondary N) is 2. The van der Waals surface area contributed by atoms with Gasteiger partial charge >= 0.3 is 5.97 Å². The van der Waals surface area contributed by atoms with Crippen molar-refractivity contribution in [2.45, 2.75) is 77.6 Å². The number of hydrogen-bond acceptors (Lipinski definition) is 10. The van der Waals surface area contributed by atoms with Gasteiger partial charge < -0.3 is 25.3 Å². The van der Waals surface area contributed by atoms with Crippen molar-refractivity contribution in [1.82, 2.24) is 25.2 Å². The van der Waals surface area contributed by atoms with Crippen LogP contribution >= 0.6 is 0 Å². The molecule has 8 rings (SSSR count). The Kier molecular flexibility index (Phi) is 10.3. The van der Waals surface area contributed by atoms with Gasteiger partial charge in [0, 0.05) is 67.7 Å². The molecule has 1 aliphatic heterocycles. The number of rotatable bonds is 11. The Morgan fingerprint density at radius 3 is 2.51 bits per heavy atom. The molecule has 0 bridgehead atoms. The molecule has 1 saturated heterocycles. The number of carboxylic acids is 1. The number of nitrogens with zero attached hydrogens (tertiary/aromatic N) is 5. The fourth-order valence-electron chi connectivity index (χ4n) is 8.32. The Morgan fingerprint density at radius 2 is 1.75 bits per heavy atom. The lowest BCUT2D eigenvalue weighted by Gasteiger charge is -2.28.